The zero-order chi connectivity index (χ0) is 21.9. The minimum Gasteiger partial charge on any atom is -0.463 e. The smallest absolute Gasteiger partial charge is 0.302 e. The number of carbonyl (C=O) groups excluding carboxylic acids is 2. The second-order valence-electron chi connectivity index (χ2n) is 11.4. The van der Waals surface area contributed by atoms with Gasteiger partial charge in [0.15, 0.2) is 0 Å². The second-order valence-corrected chi connectivity index (χ2v) is 11.4. The van der Waals surface area contributed by atoms with E-state index in [1.807, 2.05) is 0 Å². The second kappa shape index (κ2) is 7.38. The predicted octanol–water partition coefficient (Wildman–Crippen LogP) is 5.98. The molecule has 0 spiro atoms. The lowest BCUT2D eigenvalue weighted by atomic mass is 9.43. The molecule has 4 rings (SSSR count). The molecule has 4 nitrogen and oxygen atoms in total. The molecule has 0 radical (unpaired) electrons. The van der Waals surface area contributed by atoms with Gasteiger partial charge in [0.25, 0.3) is 0 Å². The van der Waals surface area contributed by atoms with E-state index in [1.54, 1.807) is 11.1 Å². The Morgan fingerprint density at radius 3 is 2.37 bits per heavy atom. The molecule has 4 heteroatoms. The molecule has 4 aliphatic carbocycles. The van der Waals surface area contributed by atoms with Gasteiger partial charge in [-0.05, 0) is 87.4 Å². The summed E-state index contributed by atoms with van der Waals surface area (Å²) in [7, 11) is 0. The average Bonchev–Trinajstić information content (AvgIpc) is 3.00. The molecule has 0 bridgehead atoms. The topological polar surface area (TPSA) is 52.6 Å². The predicted molar refractivity (Wildman–Crippen MR) is 117 cm³/mol. The third-order valence-electron chi connectivity index (χ3n) is 10.1. The maximum atomic E-state index is 11.6. The molecule has 2 fully saturated rings. The molecule has 5 unspecified atom stereocenters. The Hall–Kier alpha value is -1.32. The van der Waals surface area contributed by atoms with Gasteiger partial charge in [0, 0.05) is 19.3 Å². The molecule has 0 aliphatic heterocycles. The van der Waals surface area contributed by atoms with Crippen LogP contribution in [0, 0.1) is 28.1 Å². The van der Waals surface area contributed by atoms with Crippen LogP contribution in [0.5, 0.6) is 0 Å². The summed E-state index contributed by atoms with van der Waals surface area (Å²) in [5.74, 6) is 1.10. The van der Waals surface area contributed by atoms with Crippen LogP contribution in [0.4, 0.5) is 0 Å². The highest BCUT2D eigenvalue weighted by molar-refractivity contribution is 5.66. The van der Waals surface area contributed by atoms with Gasteiger partial charge in [-0.25, -0.2) is 0 Å². The van der Waals surface area contributed by atoms with Crippen LogP contribution in [0.2, 0.25) is 0 Å². The molecule has 0 aromatic rings. The Bertz CT molecular complexity index is 769. The van der Waals surface area contributed by atoms with Crippen LogP contribution in [0.3, 0.4) is 0 Å². The summed E-state index contributed by atoms with van der Waals surface area (Å²) in [4.78, 5) is 23.1. The molecule has 4 aliphatic rings. The summed E-state index contributed by atoms with van der Waals surface area (Å²) in [6.45, 7) is 12.5. The van der Waals surface area contributed by atoms with E-state index in [0.29, 0.717) is 11.3 Å². The Morgan fingerprint density at radius 2 is 1.70 bits per heavy atom. The Balaban J connectivity index is 1.59. The van der Waals surface area contributed by atoms with Crippen LogP contribution in [0.15, 0.2) is 11.1 Å². The van der Waals surface area contributed by atoms with Gasteiger partial charge in [-0.15, -0.1) is 0 Å². The van der Waals surface area contributed by atoms with Gasteiger partial charge in [0.1, 0.15) is 12.2 Å². The first-order valence-corrected chi connectivity index (χ1v) is 12.1. The highest BCUT2D eigenvalue weighted by Gasteiger charge is 2.60. The van der Waals surface area contributed by atoms with E-state index in [0.717, 1.165) is 38.0 Å². The fourth-order valence-corrected chi connectivity index (χ4v) is 8.06. The van der Waals surface area contributed by atoms with Crippen LogP contribution < -0.4 is 0 Å². The number of hydrogen-bond acceptors (Lipinski definition) is 4. The molecule has 0 N–H and O–H groups in total. The highest BCUT2D eigenvalue weighted by atomic mass is 16.5. The Morgan fingerprint density at radius 1 is 0.967 bits per heavy atom. The van der Waals surface area contributed by atoms with Crippen LogP contribution >= 0.6 is 0 Å². The molecule has 0 saturated heterocycles. The molecule has 7 atom stereocenters. The molecule has 0 heterocycles. The largest absolute Gasteiger partial charge is 0.463 e. The summed E-state index contributed by atoms with van der Waals surface area (Å²) < 4.78 is 11.3. The summed E-state index contributed by atoms with van der Waals surface area (Å²) >= 11 is 0. The third kappa shape index (κ3) is 3.24. The maximum absolute atomic E-state index is 11.6. The summed E-state index contributed by atoms with van der Waals surface area (Å²) in [6.07, 6.45) is 10.4. The molecular formula is C26H40O4. The molecule has 0 amide bonds. The zero-order valence-electron chi connectivity index (χ0n) is 19.8. The van der Waals surface area contributed by atoms with Gasteiger partial charge in [0.05, 0.1) is 0 Å². The Kier molecular flexibility index (Phi) is 5.38. The summed E-state index contributed by atoms with van der Waals surface area (Å²) in [5, 5.41) is 0. The number of esters is 2. The molecule has 168 valence electrons. The molecule has 2 saturated carbocycles. The number of fused-ring (bicyclic) bond motifs is 4. The normalized spacial score (nSPS) is 43.9. The third-order valence-corrected chi connectivity index (χ3v) is 10.1. The fourth-order valence-electron chi connectivity index (χ4n) is 8.06. The van der Waals surface area contributed by atoms with Crippen molar-refractivity contribution in [3.05, 3.63) is 11.1 Å². The first-order chi connectivity index (χ1) is 14.0. The van der Waals surface area contributed by atoms with E-state index in [4.69, 9.17) is 9.47 Å². The van der Waals surface area contributed by atoms with Crippen LogP contribution in [-0.2, 0) is 19.1 Å². The minimum atomic E-state index is -0.169. The molecule has 30 heavy (non-hydrogen) atoms. The highest BCUT2D eigenvalue weighted by Crippen LogP contribution is 2.68. The number of rotatable bonds is 3. The van der Waals surface area contributed by atoms with E-state index in [9.17, 15) is 9.59 Å². The number of ether oxygens (including phenoxy) is 2. The average molecular weight is 417 g/mol. The quantitative estimate of drug-likeness (QED) is 0.419. The van der Waals surface area contributed by atoms with Gasteiger partial charge in [-0.2, -0.15) is 0 Å². The van der Waals surface area contributed by atoms with E-state index in [-0.39, 0.29) is 35.0 Å². The van der Waals surface area contributed by atoms with E-state index in [1.165, 1.54) is 39.5 Å². The van der Waals surface area contributed by atoms with Crippen molar-refractivity contribution in [2.24, 2.45) is 28.1 Å². The SMILES string of the molecule is CC(=O)OC(C)[C@]1(C)CCC2=C1CCC1C2CCC2(C)C[C@H](OC(C)=O)CCC12C. The van der Waals surface area contributed by atoms with Crippen molar-refractivity contribution in [3.63, 3.8) is 0 Å². The lowest BCUT2D eigenvalue weighted by Crippen LogP contribution is -2.55. The molecule has 0 aromatic heterocycles. The van der Waals surface area contributed by atoms with Crippen LogP contribution in [0.25, 0.3) is 0 Å². The monoisotopic (exact) mass is 416 g/mol. The van der Waals surface area contributed by atoms with Gasteiger partial charge in [0.2, 0.25) is 0 Å². The van der Waals surface area contributed by atoms with Crippen molar-refractivity contribution >= 4 is 11.9 Å². The Labute approximate surface area is 182 Å². The number of carbonyl (C=O) groups is 2. The van der Waals surface area contributed by atoms with E-state index >= 15 is 0 Å². The van der Waals surface area contributed by atoms with Crippen molar-refractivity contribution in [1.29, 1.82) is 0 Å². The number of allylic oxidation sites excluding steroid dienone is 1. The lowest BCUT2D eigenvalue weighted by Gasteiger charge is -2.62. The van der Waals surface area contributed by atoms with Crippen molar-refractivity contribution in [3.8, 4) is 0 Å². The van der Waals surface area contributed by atoms with Crippen molar-refractivity contribution < 1.29 is 19.1 Å². The summed E-state index contributed by atoms with van der Waals surface area (Å²) in [5.41, 5.74) is 3.88. The molecular weight excluding hydrogens is 376 g/mol. The first-order valence-electron chi connectivity index (χ1n) is 12.1. The van der Waals surface area contributed by atoms with E-state index in [2.05, 4.69) is 27.7 Å². The van der Waals surface area contributed by atoms with Crippen LogP contribution in [0.1, 0.15) is 99.3 Å². The lowest BCUT2D eigenvalue weighted by molar-refractivity contribution is -0.166. The fraction of sp³-hybridized carbons (Fsp3) is 0.846. The summed E-state index contributed by atoms with van der Waals surface area (Å²) in [6, 6.07) is 0. The van der Waals surface area contributed by atoms with Gasteiger partial charge in [-0.1, -0.05) is 31.9 Å². The maximum Gasteiger partial charge on any atom is 0.302 e. The van der Waals surface area contributed by atoms with Crippen molar-refractivity contribution in [1.82, 2.24) is 0 Å². The van der Waals surface area contributed by atoms with Gasteiger partial charge >= 0.3 is 11.9 Å². The number of hydrogen-bond donors (Lipinski definition) is 0. The van der Waals surface area contributed by atoms with Crippen molar-refractivity contribution in [2.75, 3.05) is 0 Å². The van der Waals surface area contributed by atoms with Crippen LogP contribution in [-0.4, -0.2) is 24.1 Å². The first kappa shape index (κ1) is 21.9. The van der Waals surface area contributed by atoms with Crippen molar-refractivity contribution in [2.45, 2.75) is 112 Å². The zero-order valence-corrected chi connectivity index (χ0v) is 19.8. The van der Waals surface area contributed by atoms with Gasteiger partial charge < -0.3 is 9.47 Å². The minimum absolute atomic E-state index is 0.000611. The van der Waals surface area contributed by atoms with Gasteiger partial charge in [-0.3, -0.25) is 9.59 Å². The molecule has 0 aromatic carbocycles. The van der Waals surface area contributed by atoms with E-state index < -0.39 is 0 Å². The standard InChI is InChI=1S/C26H40O4/c1-16(29-17(2)27)25(5)13-11-20-21-10-12-24(4)15-19(30-18(3)28)9-14-26(24,6)23(21)8-7-22(20)25/h16,19,21,23H,7-15H2,1-6H3/t16?,19-,21?,23?,24?,25+,26?/m1/s1.